The fraction of sp³-hybridized carbons (Fsp3) is 0.421. The summed E-state index contributed by atoms with van der Waals surface area (Å²) in [4.78, 5) is 24.4. The highest BCUT2D eigenvalue weighted by molar-refractivity contribution is 5.95. The van der Waals surface area contributed by atoms with Gasteiger partial charge in [-0.1, -0.05) is 24.3 Å². The number of carbonyl (C=O) groups is 1. The Morgan fingerprint density at radius 3 is 2.54 bits per heavy atom. The lowest BCUT2D eigenvalue weighted by Crippen LogP contribution is -2.27. The van der Waals surface area contributed by atoms with Gasteiger partial charge in [0.25, 0.3) is 0 Å². The molecular formula is C19H22N4O. The Bertz CT molecular complexity index is 780. The van der Waals surface area contributed by atoms with E-state index in [-0.39, 0.29) is 11.8 Å². The zero-order valence-corrected chi connectivity index (χ0v) is 13.7. The van der Waals surface area contributed by atoms with E-state index in [2.05, 4.69) is 22.4 Å². The summed E-state index contributed by atoms with van der Waals surface area (Å²) in [5, 5.41) is 3.06. The number of carbonyl (C=O) groups excluding carboxylic acids is 1. The van der Waals surface area contributed by atoms with Gasteiger partial charge < -0.3 is 10.2 Å². The zero-order chi connectivity index (χ0) is 16.4. The Balaban J connectivity index is 1.67. The van der Waals surface area contributed by atoms with E-state index >= 15 is 0 Å². The number of anilines is 2. The molecule has 1 atom stereocenters. The van der Waals surface area contributed by atoms with Crippen LogP contribution in [0.5, 0.6) is 0 Å². The highest BCUT2D eigenvalue weighted by Crippen LogP contribution is 2.29. The molecule has 124 valence electrons. The molecular weight excluding hydrogens is 300 g/mol. The lowest BCUT2D eigenvalue weighted by Gasteiger charge is -2.22. The molecule has 5 nitrogen and oxygen atoms in total. The van der Waals surface area contributed by atoms with Gasteiger partial charge in [0.2, 0.25) is 5.91 Å². The van der Waals surface area contributed by atoms with Crippen LogP contribution in [-0.4, -0.2) is 29.0 Å². The second kappa shape index (κ2) is 6.59. The van der Waals surface area contributed by atoms with Crippen molar-refractivity contribution in [2.45, 2.75) is 32.1 Å². The molecule has 24 heavy (non-hydrogen) atoms. The van der Waals surface area contributed by atoms with Crippen LogP contribution in [0.25, 0.3) is 11.0 Å². The average Bonchev–Trinajstić information content (AvgIpc) is 3.16. The second-order valence-corrected chi connectivity index (χ2v) is 6.55. The Hall–Kier alpha value is -2.43. The van der Waals surface area contributed by atoms with Crippen LogP contribution in [0.1, 0.15) is 32.1 Å². The molecule has 0 saturated carbocycles. The van der Waals surface area contributed by atoms with Gasteiger partial charge in [-0.05, 0) is 44.2 Å². The van der Waals surface area contributed by atoms with Gasteiger partial charge in [0.05, 0.1) is 11.0 Å². The first-order chi connectivity index (χ1) is 11.8. The summed E-state index contributed by atoms with van der Waals surface area (Å²) in [6.07, 6.45) is 9.26. The maximum Gasteiger partial charge on any atom is 0.229 e. The van der Waals surface area contributed by atoms with E-state index in [0.717, 1.165) is 62.0 Å². The summed E-state index contributed by atoms with van der Waals surface area (Å²) in [6.45, 7) is 1.95. The number of nitrogens with zero attached hydrogens (tertiary/aromatic N) is 3. The molecule has 1 aliphatic heterocycles. The Kier molecular flexibility index (Phi) is 4.15. The predicted octanol–water partition coefficient (Wildman–Crippen LogP) is 3.52. The van der Waals surface area contributed by atoms with Crippen molar-refractivity contribution in [3.8, 4) is 0 Å². The molecule has 4 rings (SSSR count). The third-order valence-electron chi connectivity index (χ3n) is 4.84. The maximum atomic E-state index is 12.6. The van der Waals surface area contributed by atoms with Crippen LogP contribution in [0, 0.1) is 5.92 Å². The van der Waals surface area contributed by atoms with Crippen LogP contribution in [0.15, 0.2) is 36.4 Å². The molecule has 1 N–H and O–H groups in total. The third kappa shape index (κ3) is 2.98. The summed E-state index contributed by atoms with van der Waals surface area (Å²) in [5.41, 5.74) is 1.69. The van der Waals surface area contributed by atoms with Crippen molar-refractivity contribution < 1.29 is 4.79 Å². The number of allylic oxidation sites excluding steroid dienone is 2. The van der Waals surface area contributed by atoms with Crippen molar-refractivity contribution in [1.29, 1.82) is 0 Å². The lowest BCUT2D eigenvalue weighted by atomic mass is 9.94. The van der Waals surface area contributed by atoms with Crippen LogP contribution < -0.4 is 10.2 Å². The van der Waals surface area contributed by atoms with Gasteiger partial charge in [-0.2, -0.15) is 0 Å². The monoisotopic (exact) mass is 322 g/mol. The van der Waals surface area contributed by atoms with Crippen molar-refractivity contribution in [1.82, 2.24) is 9.97 Å². The van der Waals surface area contributed by atoms with E-state index < -0.39 is 0 Å². The maximum absolute atomic E-state index is 12.6. The number of amides is 1. The van der Waals surface area contributed by atoms with E-state index in [0.29, 0.717) is 5.82 Å². The van der Waals surface area contributed by atoms with Crippen LogP contribution in [0.4, 0.5) is 11.6 Å². The van der Waals surface area contributed by atoms with Crippen molar-refractivity contribution in [3.05, 3.63) is 36.4 Å². The van der Waals surface area contributed by atoms with Gasteiger partial charge in [-0.15, -0.1) is 0 Å². The van der Waals surface area contributed by atoms with Crippen molar-refractivity contribution in [2.75, 3.05) is 23.3 Å². The van der Waals surface area contributed by atoms with Gasteiger partial charge in [0, 0.05) is 19.0 Å². The molecule has 0 radical (unpaired) electrons. The number of hydrogen-bond acceptors (Lipinski definition) is 4. The molecule has 5 heteroatoms. The van der Waals surface area contributed by atoms with Crippen molar-refractivity contribution in [3.63, 3.8) is 0 Å². The highest BCUT2D eigenvalue weighted by atomic mass is 16.2. The predicted molar refractivity (Wildman–Crippen MR) is 96.1 cm³/mol. The first-order valence-electron chi connectivity index (χ1n) is 8.79. The van der Waals surface area contributed by atoms with E-state index in [9.17, 15) is 4.79 Å². The number of fused-ring (bicyclic) bond motifs is 1. The number of benzene rings is 1. The standard InChI is InChI=1S/C19H22N4O/c24-19(14-8-2-1-3-9-14)22-17-18(23-12-6-7-13-23)21-16-11-5-4-10-15(16)20-17/h1-2,4-5,10-11,14H,3,6-9,12-13H2,(H,20,22,24). The third-order valence-corrected chi connectivity index (χ3v) is 4.84. The largest absolute Gasteiger partial charge is 0.354 e. The summed E-state index contributed by atoms with van der Waals surface area (Å²) < 4.78 is 0. The van der Waals surface area contributed by atoms with Gasteiger partial charge in [-0.25, -0.2) is 9.97 Å². The lowest BCUT2D eigenvalue weighted by molar-refractivity contribution is -0.120. The molecule has 2 aliphatic rings. The SMILES string of the molecule is O=C(Nc1nc2ccccc2nc1N1CCCC1)C1CC=CCC1. The molecule has 1 fully saturated rings. The van der Waals surface area contributed by atoms with Crippen LogP contribution in [0.2, 0.25) is 0 Å². The normalized spacial score (nSPS) is 20.5. The topological polar surface area (TPSA) is 58.1 Å². The summed E-state index contributed by atoms with van der Waals surface area (Å²) in [6, 6.07) is 7.83. The number of para-hydroxylation sites is 2. The molecule has 2 aromatic rings. The Morgan fingerprint density at radius 2 is 1.83 bits per heavy atom. The summed E-state index contributed by atoms with van der Waals surface area (Å²) >= 11 is 0. The van der Waals surface area contributed by atoms with Crippen LogP contribution in [0.3, 0.4) is 0 Å². The molecule has 1 aromatic heterocycles. The second-order valence-electron chi connectivity index (χ2n) is 6.55. The van der Waals surface area contributed by atoms with Crippen LogP contribution in [-0.2, 0) is 4.79 Å². The zero-order valence-electron chi connectivity index (χ0n) is 13.7. The number of rotatable bonds is 3. The van der Waals surface area contributed by atoms with Gasteiger partial charge in [-0.3, -0.25) is 4.79 Å². The summed E-state index contributed by atoms with van der Waals surface area (Å²) in [7, 11) is 0. The highest BCUT2D eigenvalue weighted by Gasteiger charge is 2.24. The van der Waals surface area contributed by atoms with Gasteiger partial charge in [0.1, 0.15) is 0 Å². The Morgan fingerprint density at radius 1 is 1.08 bits per heavy atom. The minimum Gasteiger partial charge on any atom is -0.354 e. The molecule has 1 aliphatic carbocycles. The first kappa shape index (κ1) is 15.1. The first-order valence-corrected chi connectivity index (χ1v) is 8.79. The number of aromatic nitrogens is 2. The molecule has 1 unspecified atom stereocenters. The summed E-state index contributed by atoms with van der Waals surface area (Å²) in [5.74, 6) is 1.51. The van der Waals surface area contributed by atoms with Crippen LogP contribution >= 0.6 is 0 Å². The molecule has 1 saturated heterocycles. The van der Waals surface area contributed by atoms with E-state index in [1.807, 2.05) is 24.3 Å². The van der Waals surface area contributed by atoms with Gasteiger partial charge in [0.15, 0.2) is 11.6 Å². The molecule has 2 heterocycles. The van der Waals surface area contributed by atoms with E-state index in [4.69, 9.17) is 9.97 Å². The fourth-order valence-electron chi connectivity index (χ4n) is 3.47. The minimum absolute atomic E-state index is 0.0368. The van der Waals surface area contributed by atoms with E-state index in [1.54, 1.807) is 0 Å². The van der Waals surface area contributed by atoms with Gasteiger partial charge >= 0.3 is 0 Å². The smallest absolute Gasteiger partial charge is 0.229 e. The molecule has 1 amide bonds. The number of hydrogen-bond donors (Lipinski definition) is 1. The van der Waals surface area contributed by atoms with Crippen molar-refractivity contribution in [2.24, 2.45) is 5.92 Å². The Labute approximate surface area is 141 Å². The quantitative estimate of drug-likeness (QED) is 0.878. The van der Waals surface area contributed by atoms with E-state index in [1.165, 1.54) is 0 Å². The van der Waals surface area contributed by atoms with Crippen molar-refractivity contribution >= 4 is 28.6 Å². The molecule has 0 spiro atoms. The number of nitrogens with one attached hydrogen (secondary N) is 1. The molecule has 0 bridgehead atoms. The minimum atomic E-state index is 0.0368. The molecule has 1 aromatic carbocycles. The average molecular weight is 322 g/mol. The fourth-order valence-corrected chi connectivity index (χ4v) is 3.47.